The molecule has 1 aromatic heterocycles. The maximum Gasteiger partial charge on any atom is 0.251 e. The topological polar surface area (TPSA) is 76.9 Å². The summed E-state index contributed by atoms with van der Waals surface area (Å²) in [6.45, 7) is 3.84. The molecule has 0 amide bonds. The standard InChI is InChI=1S/C22H22N2O2/c1-3-17-10-18-7-8-19(11-20(18)24-21(17)26)22(2,14-23)12-15-5-4-6-16(9-15)13-25/h4-11,25H,3,12-13H2,1-2H3,(H,24,26). The molecule has 1 atom stereocenters. The zero-order valence-electron chi connectivity index (χ0n) is 15.0. The first-order valence-corrected chi connectivity index (χ1v) is 8.75. The van der Waals surface area contributed by atoms with Gasteiger partial charge >= 0.3 is 0 Å². The van der Waals surface area contributed by atoms with E-state index in [0.29, 0.717) is 12.8 Å². The third-order valence-corrected chi connectivity index (χ3v) is 4.92. The third kappa shape index (κ3) is 3.40. The number of aliphatic hydroxyl groups excluding tert-OH is 1. The number of nitrogens with one attached hydrogen (secondary N) is 1. The number of H-pyrrole nitrogens is 1. The third-order valence-electron chi connectivity index (χ3n) is 4.92. The van der Waals surface area contributed by atoms with Gasteiger partial charge in [-0.05, 0) is 54.0 Å². The van der Waals surface area contributed by atoms with Crippen LogP contribution in [0.2, 0.25) is 0 Å². The van der Waals surface area contributed by atoms with Crippen molar-refractivity contribution in [3.8, 4) is 6.07 Å². The van der Waals surface area contributed by atoms with E-state index in [1.54, 1.807) is 0 Å². The minimum Gasteiger partial charge on any atom is -0.392 e. The van der Waals surface area contributed by atoms with Gasteiger partial charge in [-0.25, -0.2) is 0 Å². The van der Waals surface area contributed by atoms with Crippen LogP contribution in [0.15, 0.2) is 53.3 Å². The Hall–Kier alpha value is -2.90. The largest absolute Gasteiger partial charge is 0.392 e. The molecular formula is C22H22N2O2. The second-order valence-corrected chi connectivity index (χ2v) is 6.88. The van der Waals surface area contributed by atoms with Crippen LogP contribution < -0.4 is 5.56 Å². The van der Waals surface area contributed by atoms with Crippen LogP contribution in [0.25, 0.3) is 10.9 Å². The van der Waals surface area contributed by atoms with Crippen LogP contribution in [0, 0.1) is 11.3 Å². The molecule has 4 nitrogen and oxygen atoms in total. The zero-order valence-corrected chi connectivity index (χ0v) is 15.0. The van der Waals surface area contributed by atoms with Crippen LogP contribution >= 0.6 is 0 Å². The molecule has 2 aromatic carbocycles. The molecule has 0 radical (unpaired) electrons. The summed E-state index contributed by atoms with van der Waals surface area (Å²) in [6.07, 6.45) is 1.21. The number of aryl methyl sites for hydroxylation is 1. The number of aromatic amines is 1. The lowest BCUT2D eigenvalue weighted by atomic mass is 9.78. The number of hydrogen-bond acceptors (Lipinski definition) is 3. The predicted octanol–water partition coefficient (Wildman–Crippen LogP) is 3.61. The van der Waals surface area contributed by atoms with Gasteiger partial charge in [0, 0.05) is 11.1 Å². The van der Waals surface area contributed by atoms with Crippen molar-refractivity contribution < 1.29 is 5.11 Å². The number of benzene rings is 2. The van der Waals surface area contributed by atoms with Gasteiger partial charge in [0.1, 0.15) is 0 Å². The van der Waals surface area contributed by atoms with Crippen LogP contribution in [0.4, 0.5) is 0 Å². The van der Waals surface area contributed by atoms with Gasteiger partial charge in [0.25, 0.3) is 5.56 Å². The van der Waals surface area contributed by atoms with Crippen molar-refractivity contribution in [1.29, 1.82) is 5.26 Å². The molecule has 1 unspecified atom stereocenters. The van der Waals surface area contributed by atoms with Crippen molar-refractivity contribution in [3.63, 3.8) is 0 Å². The number of fused-ring (bicyclic) bond motifs is 1. The molecule has 0 bridgehead atoms. The van der Waals surface area contributed by atoms with Crippen LogP contribution in [-0.2, 0) is 24.9 Å². The highest BCUT2D eigenvalue weighted by Gasteiger charge is 2.27. The first-order chi connectivity index (χ1) is 12.5. The molecular weight excluding hydrogens is 324 g/mol. The molecule has 26 heavy (non-hydrogen) atoms. The Morgan fingerprint density at radius 1 is 1.15 bits per heavy atom. The summed E-state index contributed by atoms with van der Waals surface area (Å²) in [5.74, 6) is 0. The lowest BCUT2D eigenvalue weighted by Crippen LogP contribution is -2.23. The minimum absolute atomic E-state index is 0.0198. The van der Waals surface area contributed by atoms with Crippen molar-refractivity contribution in [2.45, 2.75) is 38.7 Å². The Kier molecular flexibility index (Phi) is 4.92. The van der Waals surface area contributed by atoms with Crippen LogP contribution in [0.3, 0.4) is 0 Å². The van der Waals surface area contributed by atoms with E-state index in [-0.39, 0.29) is 12.2 Å². The van der Waals surface area contributed by atoms with Crippen molar-refractivity contribution in [2.24, 2.45) is 0 Å². The van der Waals surface area contributed by atoms with E-state index in [2.05, 4.69) is 11.1 Å². The smallest absolute Gasteiger partial charge is 0.251 e. The van der Waals surface area contributed by atoms with E-state index >= 15 is 0 Å². The van der Waals surface area contributed by atoms with E-state index in [1.807, 2.05) is 62.4 Å². The fourth-order valence-corrected chi connectivity index (χ4v) is 3.30. The second kappa shape index (κ2) is 7.15. The molecule has 4 heteroatoms. The van der Waals surface area contributed by atoms with Crippen LogP contribution in [0.1, 0.15) is 36.1 Å². The van der Waals surface area contributed by atoms with Crippen molar-refractivity contribution in [1.82, 2.24) is 4.98 Å². The second-order valence-electron chi connectivity index (χ2n) is 6.88. The summed E-state index contributed by atoms with van der Waals surface area (Å²) >= 11 is 0. The fraction of sp³-hybridized carbons (Fsp3) is 0.273. The quantitative estimate of drug-likeness (QED) is 0.741. The van der Waals surface area contributed by atoms with Crippen molar-refractivity contribution in [3.05, 3.63) is 81.1 Å². The lowest BCUT2D eigenvalue weighted by molar-refractivity contribution is 0.281. The number of nitriles is 1. The average Bonchev–Trinajstić information content (AvgIpc) is 2.67. The Morgan fingerprint density at radius 3 is 2.62 bits per heavy atom. The molecule has 0 aliphatic carbocycles. The average molecular weight is 346 g/mol. The number of aliphatic hydroxyl groups is 1. The monoisotopic (exact) mass is 346 g/mol. The predicted molar refractivity (Wildman–Crippen MR) is 103 cm³/mol. The van der Waals surface area contributed by atoms with Crippen molar-refractivity contribution >= 4 is 10.9 Å². The molecule has 2 N–H and O–H groups in total. The highest BCUT2D eigenvalue weighted by atomic mass is 16.3. The van der Waals surface area contributed by atoms with Gasteiger partial charge in [0.2, 0.25) is 0 Å². The Bertz CT molecular complexity index is 1050. The van der Waals surface area contributed by atoms with Gasteiger partial charge in [0.05, 0.1) is 18.1 Å². The Labute approximate surface area is 152 Å². The van der Waals surface area contributed by atoms with Crippen LogP contribution in [0.5, 0.6) is 0 Å². The Balaban J connectivity index is 2.03. The number of pyridine rings is 1. The van der Waals surface area contributed by atoms with Gasteiger partial charge in [0.15, 0.2) is 0 Å². The highest BCUT2D eigenvalue weighted by Crippen LogP contribution is 2.30. The summed E-state index contributed by atoms with van der Waals surface area (Å²) in [4.78, 5) is 15.0. The van der Waals surface area contributed by atoms with Gasteiger partial charge in [-0.1, -0.05) is 43.3 Å². The van der Waals surface area contributed by atoms with E-state index in [4.69, 9.17) is 0 Å². The maximum absolute atomic E-state index is 12.1. The molecule has 0 saturated carbocycles. The molecule has 0 aliphatic rings. The molecule has 3 aromatic rings. The molecule has 0 saturated heterocycles. The number of hydrogen-bond donors (Lipinski definition) is 2. The summed E-state index contributed by atoms with van der Waals surface area (Å²) in [7, 11) is 0. The van der Waals surface area contributed by atoms with E-state index < -0.39 is 5.41 Å². The summed E-state index contributed by atoms with van der Waals surface area (Å²) < 4.78 is 0. The maximum atomic E-state index is 12.1. The Morgan fingerprint density at radius 2 is 1.92 bits per heavy atom. The molecule has 0 fully saturated rings. The molecule has 132 valence electrons. The summed E-state index contributed by atoms with van der Waals surface area (Å²) in [6, 6.07) is 17.8. The number of nitrogens with zero attached hydrogens (tertiary/aromatic N) is 1. The first-order valence-electron chi connectivity index (χ1n) is 8.75. The van der Waals surface area contributed by atoms with Gasteiger partial charge in [-0.3, -0.25) is 4.79 Å². The summed E-state index contributed by atoms with van der Waals surface area (Å²) in [5, 5.41) is 20.2. The molecule has 0 aliphatic heterocycles. The molecule has 1 heterocycles. The minimum atomic E-state index is -0.734. The van der Waals surface area contributed by atoms with E-state index in [1.165, 1.54) is 0 Å². The van der Waals surface area contributed by atoms with Crippen molar-refractivity contribution in [2.75, 3.05) is 0 Å². The van der Waals surface area contributed by atoms with Gasteiger partial charge < -0.3 is 10.1 Å². The SMILES string of the molecule is CCc1cc2ccc(C(C)(C#N)Cc3cccc(CO)c3)cc2[nH]c1=O. The van der Waals surface area contributed by atoms with Gasteiger partial charge in [-0.15, -0.1) is 0 Å². The van der Waals surface area contributed by atoms with E-state index in [9.17, 15) is 15.2 Å². The molecule has 0 spiro atoms. The summed E-state index contributed by atoms with van der Waals surface area (Å²) in [5.41, 5.74) is 3.38. The first kappa shape index (κ1) is 17.9. The van der Waals surface area contributed by atoms with E-state index in [0.717, 1.165) is 33.2 Å². The normalized spacial score (nSPS) is 13.3. The number of rotatable bonds is 5. The van der Waals surface area contributed by atoms with Crippen LogP contribution in [-0.4, -0.2) is 10.1 Å². The number of aromatic nitrogens is 1. The van der Waals surface area contributed by atoms with Gasteiger partial charge in [-0.2, -0.15) is 5.26 Å². The lowest BCUT2D eigenvalue weighted by Gasteiger charge is -2.23. The zero-order chi connectivity index (χ0) is 18.7. The molecule has 3 rings (SSSR count). The fourth-order valence-electron chi connectivity index (χ4n) is 3.30. The highest BCUT2D eigenvalue weighted by molar-refractivity contribution is 5.80.